The zero-order valence-corrected chi connectivity index (χ0v) is 21.0. The number of benzene rings is 1. The van der Waals surface area contributed by atoms with Gasteiger partial charge in [-0.3, -0.25) is 9.69 Å². The zero-order valence-electron chi connectivity index (χ0n) is 20.2. The maximum Gasteiger partial charge on any atom is 0.277 e. The number of aliphatic hydroxyl groups excluding tert-OH is 1. The lowest BCUT2D eigenvalue weighted by atomic mass is 10.2. The van der Waals surface area contributed by atoms with Crippen molar-refractivity contribution >= 4 is 17.5 Å². The Morgan fingerprint density at radius 2 is 1.97 bits per heavy atom. The third-order valence-corrected chi connectivity index (χ3v) is 7.03. The highest BCUT2D eigenvalue weighted by atomic mass is 32.2. The van der Waals surface area contributed by atoms with Gasteiger partial charge in [-0.2, -0.15) is 0 Å². The molecule has 3 heterocycles. The Balaban J connectivity index is 1.68. The number of hydrogen-bond acceptors (Lipinski definition) is 8. The molecule has 0 bridgehead atoms. The van der Waals surface area contributed by atoms with E-state index >= 15 is 0 Å². The van der Waals surface area contributed by atoms with E-state index in [1.165, 1.54) is 0 Å². The van der Waals surface area contributed by atoms with Gasteiger partial charge in [0.25, 0.3) is 5.56 Å². The van der Waals surface area contributed by atoms with Gasteiger partial charge in [0.2, 0.25) is 0 Å². The summed E-state index contributed by atoms with van der Waals surface area (Å²) in [7, 11) is 0. The number of aromatic nitrogens is 4. The van der Waals surface area contributed by atoms with Crippen molar-refractivity contribution in [2.75, 3.05) is 45.9 Å². The lowest BCUT2D eigenvalue weighted by molar-refractivity contribution is 0.156. The zero-order chi connectivity index (χ0) is 24.1. The van der Waals surface area contributed by atoms with Crippen molar-refractivity contribution in [2.24, 2.45) is 0 Å². The lowest BCUT2D eigenvalue weighted by Crippen LogP contribution is -2.44. The molecule has 2 aromatic heterocycles. The summed E-state index contributed by atoms with van der Waals surface area (Å²) in [6, 6.07) is 6.04. The second kappa shape index (κ2) is 11.4. The molecule has 9 nitrogen and oxygen atoms in total. The molecule has 1 aromatic carbocycles. The van der Waals surface area contributed by atoms with Crippen molar-refractivity contribution in [1.82, 2.24) is 28.8 Å². The summed E-state index contributed by atoms with van der Waals surface area (Å²) in [5.41, 5.74) is 1.88. The molecule has 0 atom stereocenters. The summed E-state index contributed by atoms with van der Waals surface area (Å²) in [5, 5.41) is 14.0. The molecular weight excluding hydrogens is 452 g/mol. The number of β-amino-alcohol motifs (C(OH)–C–C–N with tert-alkyl or cyclic N) is 1. The summed E-state index contributed by atoms with van der Waals surface area (Å²) in [5.74, 6) is 1.98. The van der Waals surface area contributed by atoms with Gasteiger partial charge in [0.05, 0.1) is 24.5 Å². The Labute approximate surface area is 204 Å². The fourth-order valence-corrected chi connectivity index (χ4v) is 5.20. The number of nitrogens with zero attached hydrogens (tertiary/aromatic N) is 5. The number of nitrogens with one attached hydrogen (secondary N) is 1. The van der Waals surface area contributed by atoms with Crippen LogP contribution in [0.4, 0.5) is 0 Å². The quantitative estimate of drug-likeness (QED) is 0.422. The second-order valence-electron chi connectivity index (χ2n) is 8.32. The largest absolute Gasteiger partial charge is 0.493 e. The number of aromatic amines is 1. The average molecular weight is 487 g/mol. The molecule has 1 saturated heterocycles. The molecule has 0 unspecified atom stereocenters. The van der Waals surface area contributed by atoms with Gasteiger partial charge in [0.1, 0.15) is 11.6 Å². The van der Waals surface area contributed by atoms with E-state index in [4.69, 9.17) is 14.9 Å². The molecule has 0 amide bonds. The molecule has 0 spiro atoms. The van der Waals surface area contributed by atoms with E-state index in [1.54, 1.807) is 16.5 Å². The summed E-state index contributed by atoms with van der Waals surface area (Å²) >= 11 is 1.70. The molecular formula is C24H34N6O3S. The number of hydrogen-bond donors (Lipinski definition) is 2. The maximum atomic E-state index is 13.1. The van der Waals surface area contributed by atoms with Gasteiger partial charge in [0.15, 0.2) is 11.3 Å². The number of aryl methyl sites for hydroxylation is 2. The molecule has 10 heteroatoms. The number of imidazole rings is 1. The maximum absolute atomic E-state index is 13.1. The minimum Gasteiger partial charge on any atom is -0.493 e. The van der Waals surface area contributed by atoms with Crippen molar-refractivity contribution < 1.29 is 9.84 Å². The predicted molar refractivity (Wildman–Crippen MR) is 135 cm³/mol. The monoisotopic (exact) mass is 486 g/mol. The van der Waals surface area contributed by atoms with Gasteiger partial charge < -0.3 is 14.8 Å². The van der Waals surface area contributed by atoms with E-state index in [-0.39, 0.29) is 12.2 Å². The standard InChI is InChI=1S/C24H34N6O3S/c1-4-7-21-25-19(5-2)22-24(32)26-23(27-30(21)22)18-16-17(8-9-20(18)33-6-3)34-29-12-10-28(11-13-29)14-15-31/h8-9,16,31H,4-7,10-15H2,1-3H3,(H,26,27,32). The van der Waals surface area contributed by atoms with Crippen molar-refractivity contribution in [1.29, 1.82) is 0 Å². The van der Waals surface area contributed by atoms with Crippen molar-refractivity contribution in [2.45, 2.75) is 44.9 Å². The third kappa shape index (κ3) is 5.30. The van der Waals surface area contributed by atoms with Crippen LogP contribution in [0.5, 0.6) is 5.75 Å². The first-order chi connectivity index (χ1) is 16.6. The molecule has 184 valence electrons. The first kappa shape index (κ1) is 24.7. The van der Waals surface area contributed by atoms with Crippen LogP contribution >= 0.6 is 11.9 Å². The normalized spacial score (nSPS) is 15.3. The summed E-state index contributed by atoms with van der Waals surface area (Å²) in [4.78, 5) is 24.1. The minimum absolute atomic E-state index is 0.183. The van der Waals surface area contributed by atoms with E-state index in [0.717, 1.165) is 67.5 Å². The van der Waals surface area contributed by atoms with E-state index in [0.29, 0.717) is 30.1 Å². The molecule has 4 rings (SSSR count). The Morgan fingerprint density at radius 3 is 2.65 bits per heavy atom. The van der Waals surface area contributed by atoms with Gasteiger partial charge in [-0.15, -0.1) is 5.10 Å². The molecule has 3 aromatic rings. The molecule has 0 aliphatic carbocycles. The van der Waals surface area contributed by atoms with Crippen molar-refractivity contribution in [3.63, 3.8) is 0 Å². The smallest absolute Gasteiger partial charge is 0.277 e. The van der Waals surface area contributed by atoms with Gasteiger partial charge in [-0.05, 0) is 49.9 Å². The third-order valence-electron chi connectivity index (χ3n) is 5.94. The SMILES string of the molecule is CCCc1nc(CC)c2c(=O)[nH]c(-c3cc(SN4CCN(CCO)CC4)ccc3OCC)nn12. The number of piperazine rings is 1. The van der Waals surface area contributed by atoms with Gasteiger partial charge in [0, 0.05) is 44.0 Å². The number of rotatable bonds is 10. The highest BCUT2D eigenvalue weighted by Crippen LogP contribution is 2.34. The van der Waals surface area contributed by atoms with Crippen molar-refractivity contribution in [3.8, 4) is 17.1 Å². The predicted octanol–water partition coefficient (Wildman–Crippen LogP) is 2.62. The van der Waals surface area contributed by atoms with E-state index < -0.39 is 0 Å². The van der Waals surface area contributed by atoms with Gasteiger partial charge >= 0.3 is 0 Å². The van der Waals surface area contributed by atoms with Crippen LogP contribution in [0, 0.1) is 0 Å². The van der Waals surface area contributed by atoms with Crippen LogP contribution in [0.2, 0.25) is 0 Å². The average Bonchev–Trinajstić information content (AvgIpc) is 3.20. The van der Waals surface area contributed by atoms with Crippen LogP contribution in [-0.2, 0) is 12.8 Å². The molecule has 1 fully saturated rings. The summed E-state index contributed by atoms with van der Waals surface area (Å²) in [6.45, 7) is 11.2. The van der Waals surface area contributed by atoms with Crippen molar-refractivity contribution in [3.05, 3.63) is 40.1 Å². The molecule has 0 radical (unpaired) electrons. The van der Waals surface area contributed by atoms with Gasteiger partial charge in [-0.25, -0.2) is 13.8 Å². The minimum atomic E-state index is -0.183. The fraction of sp³-hybridized carbons (Fsp3) is 0.542. The topological polar surface area (TPSA) is 99.0 Å². The van der Waals surface area contributed by atoms with Crippen LogP contribution in [-0.4, -0.2) is 79.8 Å². The Hall–Kier alpha value is -2.40. The number of aliphatic hydroxyl groups is 1. The highest BCUT2D eigenvalue weighted by molar-refractivity contribution is 7.97. The van der Waals surface area contributed by atoms with Gasteiger partial charge in [-0.1, -0.05) is 13.8 Å². The summed E-state index contributed by atoms with van der Waals surface area (Å²) < 4.78 is 9.94. The molecule has 1 aliphatic rings. The van der Waals surface area contributed by atoms with Crippen LogP contribution < -0.4 is 10.3 Å². The van der Waals surface area contributed by atoms with Crippen LogP contribution in [0.15, 0.2) is 27.9 Å². The molecule has 34 heavy (non-hydrogen) atoms. The summed E-state index contributed by atoms with van der Waals surface area (Å²) in [6.07, 6.45) is 2.36. The molecule has 2 N–H and O–H groups in total. The van der Waals surface area contributed by atoms with E-state index in [1.807, 2.05) is 32.0 Å². The fourth-order valence-electron chi connectivity index (χ4n) is 4.25. The lowest BCUT2D eigenvalue weighted by Gasteiger charge is -2.33. The van der Waals surface area contributed by atoms with Crippen LogP contribution in [0.3, 0.4) is 0 Å². The molecule has 0 saturated carbocycles. The molecule has 1 aliphatic heterocycles. The first-order valence-electron chi connectivity index (χ1n) is 12.1. The Morgan fingerprint density at radius 1 is 1.18 bits per heavy atom. The Kier molecular flexibility index (Phi) is 8.25. The first-order valence-corrected chi connectivity index (χ1v) is 12.9. The number of H-pyrrole nitrogens is 1. The number of fused-ring (bicyclic) bond motifs is 1. The van der Waals surface area contributed by atoms with E-state index in [2.05, 4.69) is 26.1 Å². The highest BCUT2D eigenvalue weighted by Gasteiger charge is 2.20. The van der Waals surface area contributed by atoms with Crippen LogP contribution in [0.25, 0.3) is 16.9 Å². The second-order valence-corrected chi connectivity index (χ2v) is 9.49. The van der Waals surface area contributed by atoms with E-state index in [9.17, 15) is 4.79 Å². The van der Waals surface area contributed by atoms with Crippen LogP contribution in [0.1, 0.15) is 38.7 Å². The number of ether oxygens (including phenoxy) is 1. The Bertz CT molecular complexity index is 1170.